The first-order valence-electron chi connectivity index (χ1n) is 4.36. The summed E-state index contributed by atoms with van der Waals surface area (Å²) in [6.45, 7) is -0.374. The summed E-state index contributed by atoms with van der Waals surface area (Å²) in [6, 6.07) is 5.40. The van der Waals surface area contributed by atoms with Crippen molar-refractivity contribution in [2.75, 3.05) is 6.54 Å². The molecule has 16 heavy (non-hydrogen) atoms. The van der Waals surface area contributed by atoms with Gasteiger partial charge in [-0.15, -0.1) is 0 Å². The van der Waals surface area contributed by atoms with Crippen LogP contribution in [0.15, 0.2) is 24.3 Å². The van der Waals surface area contributed by atoms with Crippen LogP contribution in [0.4, 0.5) is 4.39 Å². The van der Waals surface area contributed by atoms with Crippen molar-refractivity contribution in [3.63, 3.8) is 0 Å². The molecule has 1 aromatic carbocycles. The first kappa shape index (κ1) is 11.7. The summed E-state index contributed by atoms with van der Waals surface area (Å²) in [5, 5.41) is 12.1. The Morgan fingerprint density at radius 1 is 1.38 bits per heavy atom. The molecule has 5 nitrogen and oxygen atoms in total. The van der Waals surface area contributed by atoms with E-state index in [2.05, 4.69) is 5.32 Å². The molecule has 0 spiro atoms. The van der Waals surface area contributed by atoms with E-state index in [0.717, 1.165) is 6.07 Å². The average Bonchev–Trinajstić information content (AvgIpc) is 2.27. The minimum Gasteiger partial charge on any atom is -0.343 e. The number of hydrogen-bond donors (Lipinski definition) is 2. The maximum atomic E-state index is 13.1. The van der Waals surface area contributed by atoms with Crippen molar-refractivity contribution in [1.29, 1.82) is 5.26 Å². The van der Waals surface area contributed by atoms with E-state index >= 15 is 0 Å². The largest absolute Gasteiger partial charge is 0.343 e. The average molecular weight is 221 g/mol. The number of nitrogens with one attached hydrogen (secondary N) is 2. The van der Waals surface area contributed by atoms with Gasteiger partial charge >= 0.3 is 0 Å². The topological polar surface area (TPSA) is 82.0 Å². The highest BCUT2D eigenvalue weighted by Crippen LogP contribution is 2.05. The van der Waals surface area contributed by atoms with Gasteiger partial charge in [-0.1, -0.05) is 12.1 Å². The van der Waals surface area contributed by atoms with Crippen molar-refractivity contribution in [2.45, 2.75) is 0 Å². The summed E-state index contributed by atoms with van der Waals surface area (Å²) in [7, 11) is 0. The molecule has 0 bridgehead atoms. The second-order valence-electron chi connectivity index (χ2n) is 2.82. The minimum absolute atomic E-state index is 0.146. The molecular formula is C10H8FN3O2. The molecule has 1 rings (SSSR count). The lowest BCUT2D eigenvalue weighted by Crippen LogP contribution is -2.35. The minimum atomic E-state index is -0.703. The number of carbonyl (C=O) groups excluding carboxylic acids is 2. The summed E-state index contributed by atoms with van der Waals surface area (Å²) in [6.07, 6.45) is 1.42. The van der Waals surface area contributed by atoms with E-state index in [1.54, 1.807) is 0 Å². The lowest BCUT2D eigenvalue weighted by molar-refractivity contribution is -0.119. The zero-order chi connectivity index (χ0) is 12.0. The third-order valence-electron chi connectivity index (χ3n) is 1.72. The molecule has 1 aromatic rings. The zero-order valence-electron chi connectivity index (χ0n) is 8.16. The van der Waals surface area contributed by atoms with Gasteiger partial charge in [-0.3, -0.25) is 14.9 Å². The predicted octanol–water partition coefficient (Wildman–Crippen LogP) is 0.153. The molecule has 2 amide bonds. The molecule has 6 heteroatoms. The van der Waals surface area contributed by atoms with Crippen molar-refractivity contribution in [3.8, 4) is 6.19 Å². The van der Waals surface area contributed by atoms with Crippen LogP contribution in [-0.4, -0.2) is 18.4 Å². The van der Waals surface area contributed by atoms with E-state index in [-0.39, 0.29) is 12.1 Å². The van der Waals surface area contributed by atoms with Gasteiger partial charge in [-0.05, 0) is 12.1 Å². The predicted molar refractivity (Wildman–Crippen MR) is 52.5 cm³/mol. The Balaban J connectivity index is 2.58. The monoisotopic (exact) mass is 221 g/mol. The molecule has 2 N–H and O–H groups in total. The van der Waals surface area contributed by atoms with Gasteiger partial charge in [0.15, 0.2) is 6.19 Å². The van der Waals surface area contributed by atoms with Crippen LogP contribution in [0.2, 0.25) is 0 Å². The number of nitrogens with zero attached hydrogens (tertiary/aromatic N) is 1. The quantitative estimate of drug-likeness (QED) is 0.563. The number of amides is 2. The molecule has 0 heterocycles. The van der Waals surface area contributed by atoms with Crippen LogP contribution in [-0.2, 0) is 4.79 Å². The second kappa shape index (κ2) is 5.46. The Kier molecular flexibility index (Phi) is 3.98. The molecular weight excluding hydrogens is 213 g/mol. The van der Waals surface area contributed by atoms with Crippen molar-refractivity contribution < 1.29 is 14.0 Å². The molecule has 0 aromatic heterocycles. The van der Waals surface area contributed by atoms with Crippen molar-refractivity contribution in [2.24, 2.45) is 0 Å². The van der Waals surface area contributed by atoms with Crippen molar-refractivity contribution >= 4 is 11.8 Å². The number of benzene rings is 1. The van der Waals surface area contributed by atoms with Gasteiger partial charge in [0, 0.05) is 0 Å². The molecule has 0 radical (unpaired) electrons. The first-order valence-corrected chi connectivity index (χ1v) is 4.36. The summed E-state index contributed by atoms with van der Waals surface area (Å²) >= 11 is 0. The van der Waals surface area contributed by atoms with Crippen molar-refractivity contribution in [3.05, 3.63) is 35.6 Å². The number of halogens is 1. The lowest BCUT2D eigenvalue weighted by Gasteiger charge is -2.03. The molecule has 0 aliphatic rings. The third kappa shape index (κ3) is 3.06. The van der Waals surface area contributed by atoms with E-state index in [1.807, 2.05) is 5.32 Å². The molecule has 0 unspecified atom stereocenters. The van der Waals surface area contributed by atoms with E-state index in [9.17, 15) is 14.0 Å². The van der Waals surface area contributed by atoms with Crippen LogP contribution < -0.4 is 10.6 Å². The van der Waals surface area contributed by atoms with Crippen LogP contribution >= 0.6 is 0 Å². The third-order valence-corrected chi connectivity index (χ3v) is 1.72. The summed E-state index contributed by atoms with van der Waals surface area (Å²) in [4.78, 5) is 22.2. The summed E-state index contributed by atoms with van der Waals surface area (Å²) < 4.78 is 13.1. The Morgan fingerprint density at radius 2 is 2.06 bits per heavy atom. The zero-order valence-corrected chi connectivity index (χ0v) is 8.16. The van der Waals surface area contributed by atoms with Gasteiger partial charge in [-0.25, -0.2) is 4.39 Å². The van der Waals surface area contributed by atoms with Crippen LogP contribution in [0.3, 0.4) is 0 Å². The standard InChI is InChI=1S/C10H8FN3O2/c11-8-4-2-1-3-7(8)10(16)13-5-9(15)14-6-12/h1-4H,5H2,(H,13,16)(H,14,15). The smallest absolute Gasteiger partial charge is 0.254 e. The SMILES string of the molecule is N#CNC(=O)CNC(=O)c1ccccc1F. The van der Waals surface area contributed by atoms with Gasteiger partial charge in [0.25, 0.3) is 11.8 Å². The van der Waals surface area contributed by atoms with Crippen LogP contribution in [0.25, 0.3) is 0 Å². The Bertz CT molecular complexity index is 454. The number of nitriles is 1. The number of hydrogen-bond acceptors (Lipinski definition) is 3. The highest BCUT2D eigenvalue weighted by Gasteiger charge is 2.11. The van der Waals surface area contributed by atoms with Gasteiger partial charge in [0.05, 0.1) is 12.1 Å². The summed E-state index contributed by atoms with van der Waals surface area (Å²) in [5.74, 6) is -2.03. The van der Waals surface area contributed by atoms with E-state index in [4.69, 9.17) is 5.26 Å². The van der Waals surface area contributed by atoms with Crippen LogP contribution in [0, 0.1) is 17.3 Å². The number of rotatable bonds is 3. The van der Waals surface area contributed by atoms with Crippen molar-refractivity contribution in [1.82, 2.24) is 10.6 Å². The van der Waals surface area contributed by atoms with E-state index < -0.39 is 17.6 Å². The first-order chi connectivity index (χ1) is 7.65. The van der Waals surface area contributed by atoms with Gasteiger partial charge in [0.2, 0.25) is 0 Å². The van der Waals surface area contributed by atoms with Gasteiger partial charge in [-0.2, -0.15) is 5.26 Å². The number of carbonyl (C=O) groups is 2. The molecule has 0 aliphatic carbocycles. The fraction of sp³-hybridized carbons (Fsp3) is 0.100. The maximum Gasteiger partial charge on any atom is 0.254 e. The molecule has 0 aliphatic heterocycles. The normalized spacial score (nSPS) is 9.00. The maximum absolute atomic E-state index is 13.1. The molecule has 0 fully saturated rings. The second-order valence-corrected chi connectivity index (χ2v) is 2.82. The highest BCUT2D eigenvalue weighted by atomic mass is 19.1. The van der Waals surface area contributed by atoms with Gasteiger partial charge < -0.3 is 5.32 Å². The Hall–Kier alpha value is -2.42. The fourth-order valence-corrected chi connectivity index (χ4v) is 1.01. The Labute approximate surface area is 90.9 Å². The lowest BCUT2D eigenvalue weighted by atomic mass is 10.2. The Morgan fingerprint density at radius 3 is 2.69 bits per heavy atom. The van der Waals surface area contributed by atoms with E-state index in [0.29, 0.717) is 0 Å². The molecule has 0 atom stereocenters. The molecule has 82 valence electrons. The van der Waals surface area contributed by atoms with Crippen LogP contribution in [0.5, 0.6) is 0 Å². The molecule has 0 saturated carbocycles. The highest BCUT2D eigenvalue weighted by molar-refractivity contribution is 5.96. The summed E-state index contributed by atoms with van der Waals surface area (Å²) in [5.41, 5.74) is -0.146. The van der Waals surface area contributed by atoms with Gasteiger partial charge in [0.1, 0.15) is 5.82 Å². The fourth-order valence-electron chi connectivity index (χ4n) is 1.01. The van der Waals surface area contributed by atoms with Crippen LogP contribution in [0.1, 0.15) is 10.4 Å². The molecule has 0 saturated heterocycles. The van der Waals surface area contributed by atoms with E-state index in [1.165, 1.54) is 24.4 Å².